The Morgan fingerprint density at radius 2 is 1.93 bits per heavy atom. The number of carboxylic acid groups (broad SMARTS) is 1. The number of phenolic OH excluding ortho intramolecular Hbond substituents is 1. The summed E-state index contributed by atoms with van der Waals surface area (Å²) in [5.41, 5.74) is 0.816. The second-order valence-corrected chi connectivity index (χ2v) is 8.67. The van der Waals surface area contributed by atoms with Gasteiger partial charge in [-0.3, -0.25) is 4.79 Å². The second-order valence-electron chi connectivity index (χ2n) is 8.67. The lowest BCUT2D eigenvalue weighted by atomic mass is 9.69. The zero-order valence-electron chi connectivity index (χ0n) is 17.4. The van der Waals surface area contributed by atoms with Crippen molar-refractivity contribution < 1.29 is 24.5 Å². The highest BCUT2D eigenvalue weighted by Gasteiger charge is 2.50. The first kappa shape index (κ1) is 21.3. The largest absolute Gasteiger partial charge is 0.504 e. The van der Waals surface area contributed by atoms with E-state index in [0.717, 1.165) is 31.2 Å². The zero-order valence-corrected chi connectivity index (χ0v) is 17.4. The predicted octanol–water partition coefficient (Wildman–Crippen LogP) is 3.46. The van der Waals surface area contributed by atoms with Crippen LogP contribution in [0.25, 0.3) is 0 Å². The van der Waals surface area contributed by atoms with Crippen LogP contribution in [0.1, 0.15) is 45.1 Å². The number of methoxy groups -OCH3 is 1. The van der Waals surface area contributed by atoms with E-state index >= 15 is 0 Å². The number of amides is 2. The fourth-order valence-corrected chi connectivity index (χ4v) is 4.85. The van der Waals surface area contributed by atoms with E-state index < -0.39 is 6.09 Å². The van der Waals surface area contributed by atoms with Crippen LogP contribution in [0.5, 0.6) is 11.5 Å². The molecule has 0 radical (unpaired) electrons. The molecule has 2 amide bonds. The summed E-state index contributed by atoms with van der Waals surface area (Å²) in [5.74, 6) is 1.60. The Morgan fingerprint density at radius 1 is 1.24 bits per heavy atom. The summed E-state index contributed by atoms with van der Waals surface area (Å²) in [6.07, 6.45) is 3.24. The van der Waals surface area contributed by atoms with E-state index in [4.69, 9.17) is 4.74 Å². The van der Waals surface area contributed by atoms with Crippen molar-refractivity contribution in [2.24, 2.45) is 23.7 Å². The molecule has 7 heteroatoms. The van der Waals surface area contributed by atoms with Crippen molar-refractivity contribution in [3.8, 4) is 11.5 Å². The SMILES string of the molecule is COc1cc(CNC(=O)C2CN(C(=O)O)C2C2CCC(C(C)C)CC2)ccc1O. The zero-order chi connectivity index (χ0) is 21.1. The first-order chi connectivity index (χ1) is 13.8. The van der Waals surface area contributed by atoms with Crippen LogP contribution in [0.4, 0.5) is 4.79 Å². The van der Waals surface area contributed by atoms with Crippen LogP contribution >= 0.6 is 0 Å². The Balaban J connectivity index is 1.61. The molecular formula is C22H32N2O5. The Hall–Kier alpha value is -2.44. The van der Waals surface area contributed by atoms with Crippen LogP contribution in [0, 0.1) is 23.7 Å². The van der Waals surface area contributed by atoms with Gasteiger partial charge in [0.15, 0.2) is 11.5 Å². The van der Waals surface area contributed by atoms with Gasteiger partial charge in [0.25, 0.3) is 0 Å². The van der Waals surface area contributed by atoms with E-state index in [9.17, 15) is 19.8 Å². The molecule has 2 unspecified atom stereocenters. The molecule has 160 valence electrons. The molecule has 0 bridgehead atoms. The van der Waals surface area contributed by atoms with Crippen molar-refractivity contribution in [3.63, 3.8) is 0 Å². The molecule has 1 heterocycles. The van der Waals surface area contributed by atoms with Crippen LogP contribution < -0.4 is 10.1 Å². The maximum atomic E-state index is 12.8. The van der Waals surface area contributed by atoms with Crippen molar-refractivity contribution in [2.45, 2.75) is 52.1 Å². The smallest absolute Gasteiger partial charge is 0.407 e. The molecule has 3 rings (SSSR count). The number of nitrogens with zero attached hydrogens (tertiary/aromatic N) is 1. The number of carbonyl (C=O) groups is 2. The molecule has 1 aliphatic heterocycles. The van der Waals surface area contributed by atoms with Crippen molar-refractivity contribution >= 4 is 12.0 Å². The molecular weight excluding hydrogens is 372 g/mol. The van der Waals surface area contributed by atoms with Crippen LogP contribution in [-0.2, 0) is 11.3 Å². The van der Waals surface area contributed by atoms with Gasteiger partial charge in [0.1, 0.15) is 0 Å². The summed E-state index contributed by atoms with van der Waals surface area (Å²) >= 11 is 0. The van der Waals surface area contributed by atoms with E-state index in [2.05, 4.69) is 19.2 Å². The van der Waals surface area contributed by atoms with Gasteiger partial charge < -0.3 is 25.2 Å². The Kier molecular flexibility index (Phi) is 6.55. The summed E-state index contributed by atoms with van der Waals surface area (Å²) < 4.78 is 5.10. The molecule has 1 aromatic carbocycles. The predicted molar refractivity (Wildman–Crippen MR) is 109 cm³/mol. The van der Waals surface area contributed by atoms with Gasteiger partial charge >= 0.3 is 6.09 Å². The lowest BCUT2D eigenvalue weighted by Crippen LogP contribution is -2.65. The fraction of sp³-hybridized carbons (Fsp3) is 0.636. The summed E-state index contributed by atoms with van der Waals surface area (Å²) in [6, 6.07) is 4.72. The number of phenols is 1. The van der Waals surface area contributed by atoms with E-state index in [1.54, 1.807) is 12.1 Å². The molecule has 2 atom stereocenters. The monoisotopic (exact) mass is 404 g/mol. The third kappa shape index (κ3) is 4.60. The Morgan fingerprint density at radius 3 is 2.52 bits per heavy atom. The highest BCUT2D eigenvalue weighted by Crippen LogP contribution is 2.42. The van der Waals surface area contributed by atoms with Crippen LogP contribution in [0.15, 0.2) is 18.2 Å². The number of carbonyl (C=O) groups excluding carboxylic acids is 1. The van der Waals surface area contributed by atoms with Gasteiger partial charge in [0, 0.05) is 13.1 Å². The van der Waals surface area contributed by atoms with E-state index in [1.807, 2.05) is 0 Å². The van der Waals surface area contributed by atoms with Gasteiger partial charge in [-0.15, -0.1) is 0 Å². The standard InChI is InChI=1S/C22H32N2O5/c1-13(2)15-5-7-16(8-6-15)20-17(12-24(20)22(27)28)21(26)23-11-14-4-9-18(25)19(10-14)29-3/h4,9-10,13,15-17,20,25H,5-8,11-12H2,1-3H3,(H,23,26)(H,27,28). The van der Waals surface area contributed by atoms with E-state index in [1.165, 1.54) is 18.1 Å². The third-order valence-corrected chi connectivity index (χ3v) is 6.70. The lowest BCUT2D eigenvalue weighted by Gasteiger charge is -2.51. The molecule has 2 fully saturated rings. The molecule has 1 aliphatic carbocycles. The normalized spacial score (nSPS) is 26.7. The number of rotatable bonds is 6. The molecule has 29 heavy (non-hydrogen) atoms. The lowest BCUT2D eigenvalue weighted by molar-refractivity contribution is -0.136. The molecule has 3 N–H and O–H groups in total. The van der Waals surface area contributed by atoms with Gasteiger partial charge in [0.2, 0.25) is 5.91 Å². The average Bonchev–Trinajstić information content (AvgIpc) is 2.66. The van der Waals surface area contributed by atoms with Gasteiger partial charge in [-0.25, -0.2) is 4.79 Å². The minimum absolute atomic E-state index is 0.0516. The molecule has 0 aromatic heterocycles. The molecule has 0 spiro atoms. The van der Waals surface area contributed by atoms with Gasteiger partial charge in [-0.1, -0.05) is 19.9 Å². The Bertz CT molecular complexity index is 743. The number of hydrogen-bond donors (Lipinski definition) is 3. The number of ether oxygens (including phenoxy) is 1. The maximum Gasteiger partial charge on any atom is 0.407 e. The summed E-state index contributed by atoms with van der Waals surface area (Å²) in [5, 5.41) is 22.1. The van der Waals surface area contributed by atoms with E-state index in [-0.39, 0.29) is 36.1 Å². The number of hydrogen-bond acceptors (Lipinski definition) is 4. The van der Waals surface area contributed by atoms with Crippen molar-refractivity contribution in [3.05, 3.63) is 23.8 Å². The first-order valence-corrected chi connectivity index (χ1v) is 10.4. The van der Waals surface area contributed by atoms with Crippen LogP contribution in [0.2, 0.25) is 0 Å². The Labute approximate surface area is 172 Å². The number of aromatic hydroxyl groups is 1. The first-order valence-electron chi connectivity index (χ1n) is 10.4. The second kappa shape index (κ2) is 8.93. The third-order valence-electron chi connectivity index (χ3n) is 6.70. The highest BCUT2D eigenvalue weighted by molar-refractivity contribution is 5.83. The number of nitrogens with one attached hydrogen (secondary N) is 1. The summed E-state index contributed by atoms with van der Waals surface area (Å²) in [6.45, 7) is 5.06. The topological polar surface area (TPSA) is 99.1 Å². The van der Waals surface area contributed by atoms with Gasteiger partial charge in [-0.05, 0) is 61.1 Å². The minimum Gasteiger partial charge on any atom is -0.504 e. The molecule has 1 saturated heterocycles. The molecule has 1 aromatic rings. The van der Waals surface area contributed by atoms with Crippen molar-refractivity contribution in [2.75, 3.05) is 13.7 Å². The minimum atomic E-state index is -0.937. The summed E-state index contributed by atoms with van der Waals surface area (Å²) in [7, 11) is 1.48. The van der Waals surface area contributed by atoms with Crippen LogP contribution in [0.3, 0.4) is 0 Å². The van der Waals surface area contributed by atoms with Gasteiger partial charge in [0.05, 0.1) is 19.1 Å². The van der Waals surface area contributed by atoms with Crippen molar-refractivity contribution in [1.29, 1.82) is 0 Å². The highest BCUT2D eigenvalue weighted by atomic mass is 16.5. The summed E-state index contributed by atoms with van der Waals surface area (Å²) in [4.78, 5) is 25.9. The fourth-order valence-electron chi connectivity index (χ4n) is 4.85. The quantitative estimate of drug-likeness (QED) is 0.674. The number of benzene rings is 1. The maximum absolute atomic E-state index is 12.8. The van der Waals surface area contributed by atoms with Crippen LogP contribution in [-0.4, -0.2) is 46.8 Å². The van der Waals surface area contributed by atoms with Gasteiger partial charge in [-0.2, -0.15) is 0 Å². The number of likely N-dealkylation sites (tertiary alicyclic amines) is 1. The average molecular weight is 405 g/mol. The molecule has 1 saturated carbocycles. The van der Waals surface area contributed by atoms with E-state index in [0.29, 0.717) is 24.1 Å². The molecule has 7 nitrogen and oxygen atoms in total. The molecule has 2 aliphatic rings. The van der Waals surface area contributed by atoms with Crippen molar-refractivity contribution in [1.82, 2.24) is 10.2 Å².